The van der Waals surface area contributed by atoms with E-state index in [1.165, 1.54) is 0 Å². The van der Waals surface area contributed by atoms with Gasteiger partial charge in [0.05, 0.1) is 24.8 Å². The van der Waals surface area contributed by atoms with Gasteiger partial charge in [-0.2, -0.15) is 5.10 Å². The van der Waals surface area contributed by atoms with Gasteiger partial charge < -0.3 is 10.4 Å². The zero-order valence-electron chi connectivity index (χ0n) is 14.1. The number of aliphatic carboxylic acids is 1. The average Bonchev–Trinajstić information content (AvgIpc) is 3.02. The Morgan fingerprint density at radius 3 is 2.68 bits per heavy atom. The van der Waals surface area contributed by atoms with Gasteiger partial charge in [-0.1, -0.05) is 18.2 Å². The number of halogens is 1. The molecule has 0 aliphatic carbocycles. The first-order chi connectivity index (χ1) is 11.5. The minimum atomic E-state index is -0.863. The van der Waals surface area contributed by atoms with E-state index in [2.05, 4.69) is 10.4 Å². The second-order valence-electron chi connectivity index (χ2n) is 5.61. The molecule has 0 saturated carbocycles. The lowest BCUT2D eigenvalue weighted by Crippen LogP contribution is -2.36. The number of carboxylic acid groups (broad SMARTS) is 1. The molecule has 25 heavy (non-hydrogen) atoms. The number of carboxylic acids is 1. The summed E-state index contributed by atoms with van der Waals surface area (Å²) in [5.74, 6) is -0.976. The molecule has 1 aromatic heterocycles. The Balaban J connectivity index is 0.00000312. The van der Waals surface area contributed by atoms with E-state index < -0.39 is 5.97 Å². The summed E-state index contributed by atoms with van der Waals surface area (Å²) in [7, 11) is 1.73. The molecule has 2 rings (SSSR count). The van der Waals surface area contributed by atoms with Crippen molar-refractivity contribution in [3.63, 3.8) is 0 Å². The zero-order chi connectivity index (χ0) is 17.4. The number of likely N-dealkylation sites (N-methyl/N-ethyl adjacent to an activating group) is 1. The van der Waals surface area contributed by atoms with Crippen LogP contribution in [0.4, 0.5) is 0 Å². The van der Waals surface area contributed by atoms with Gasteiger partial charge in [0.2, 0.25) is 5.91 Å². The maximum Gasteiger partial charge on any atom is 0.304 e. The number of nitrogens with zero attached hydrogens (tertiary/aromatic N) is 3. The molecule has 0 spiro atoms. The molecular weight excluding hydrogens is 344 g/mol. The number of benzene rings is 1. The fourth-order valence-electron chi connectivity index (χ4n) is 2.22. The number of rotatable bonds is 9. The summed E-state index contributed by atoms with van der Waals surface area (Å²) in [6.07, 6.45) is 4.46. The standard InChI is InChI=1S/C17H22N4O3.ClH/c1-20(10-8-17(23)24)13-16(22)18-9-7-14-11-19-21(12-14)15-5-3-2-4-6-15;/h2-6,11-12H,7-10,13H2,1H3,(H,18,22)(H,23,24);1H. The third kappa shape index (κ3) is 7.36. The number of nitrogens with one attached hydrogen (secondary N) is 1. The van der Waals surface area contributed by atoms with Gasteiger partial charge in [-0.15, -0.1) is 12.4 Å². The highest BCUT2D eigenvalue weighted by Crippen LogP contribution is 2.07. The van der Waals surface area contributed by atoms with E-state index >= 15 is 0 Å². The normalized spacial score (nSPS) is 10.3. The van der Waals surface area contributed by atoms with Crippen LogP contribution < -0.4 is 5.32 Å². The summed E-state index contributed by atoms with van der Waals surface area (Å²) in [6.45, 7) is 1.06. The van der Waals surface area contributed by atoms with Gasteiger partial charge in [-0.05, 0) is 31.2 Å². The van der Waals surface area contributed by atoms with Crippen molar-refractivity contribution in [2.45, 2.75) is 12.8 Å². The average molecular weight is 367 g/mol. The second-order valence-corrected chi connectivity index (χ2v) is 5.61. The Kier molecular flexibility index (Phi) is 8.66. The summed E-state index contributed by atoms with van der Waals surface area (Å²) in [5, 5.41) is 15.8. The van der Waals surface area contributed by atoms with Crippen LogP contribution in [-0.2, 0) is 16.0 Å². The number of carbonyl (C=O) groups excluding carboxylic acids is 1. The van der Waals surface area contributed by atoms with E-state index in [9.17, 15) is 9.59 Å². The molecule has 1 aromatic carbocycles. The molecule has 7 nitrogen and oxygen atoms in total. The molecule has 0 bridgehead atoms. The number of para-hydroxylation sites is 1. The molecule has 0 aliphatic heterocycles. The number of aromatic nitrogens is 2. The monoisotopic (exact) mass is 366 g/mol. The highest BCUT2D eigenvalue weighted by molar-refractivity contribution is 5.85. The number of amides is 1. The van der Waals surface area contributed by atoms with Crippen LogP contribution in [0.2, 0.25) is 0 Å². The van der Waals surface area contributed by atoms with Gasteiger partial charge in [-0.3, -0.25) is 14.5 Å². The highest BCUT2D eigenvalue weighted by Gasteiger charge is 2.08. The molecule has 8 heteroatoms. The maximum absolute atomic E-state index is 11.8. The summed E-state index contributed by atoms with van der Waals surface area (Å²) >= 11 is 0. The number of hydrogen-bond acceptors (Lipinski definition) is 4. The lowest BCUT2D eigenvalue weighted by atomic mass is 10.2. The van der Waals surface area contributed by atoms with Crippen molar-refractivity contribution in [1.82, 2.24) is 20.0 Å². The van der Waals surface area contributed by atoms with Crippen molar-refractivity contribution in [3.8, 4) is 5.69 Å². The SMILES string of the molecule is CN(CCC(=O)O)CC(=O)NCCc1cnn(-c2ccccc2)c1.Cl. The van der Waals surface area contributed by atoms with Gasteiger partial charge >= 0.3 is 5.97 Å². The third-order valence-corrected chi connectivity index (χ3v) is 3.51. The Bertz CT molecular complexity index is 676. The van der Waals surface area contributed by atoms with Crippen LogP contribution >= 0.6 is 12.4 Å². The summed E-state index contributed by atoms with van der Waals surface area (Å²) in [6, 6.07) is 9.82. The Labute approximate surface area is 153 Å². The van der Waals surface area contributed by atoms with Crippen molar-refractivity contribution in [2.24, 2.45) is 0 Å². The first kappa shape index (κ1) is 20.7. The molecule has 0 unspecified atom stereocenters. The van der Waals surface area contributed by atoms with Crippen LogP contribution in [0.1, 0.15) is 12.0 Å². The zero-order valence-corrected chi connectivity index (χ0v) is 14.9. The van der Waals surface area contributed by atoms with Gasteiger partial charge in [0, 0.05) is 19.3 Å². The number of carbonyl (C=O) groups is 2. The van der Waals surface area contributed by atoms with Gasteiger partial charge in [0.15, 0.2) is 0 Å². The number of hydrogen-bond donors (Lipinski definition) is 2. The van der Waals surface area contributed by atoms with Crippen molar-refractivity contribution >= 4 is 24.3 Å². The third-order valence-electron chi connectivity index (χ3n) is 3.51. The molecule has 0 atom stereocenters. The molecule has 1 amide bonds. The minimum Gasteiger partial charge on any atom is -0.481 e. The maximum atomic E-state index is 11.8. The predicted molar refractivity (Wildman–Crippen MR) is 97.3 cm³/mol. The van der Waals surface area contributed by atoms with Gasteiger partial charge in [0.25, 0.3) is 0 Å². The van der Waals surface area contributed by atoms with Crippen LogP contribution in [0.5, 0.6) is 0 Å². The van der Waals surface area contributed by atoms with Crippen LogP contribution in [0.3, 0.4) is 0 Å². The lowest BCUT2D eigenvalue weighted by molar-refractivity contribution is -0.137. The van der Waals surface area contributed by atoms with Crippen molar-refractivity contribution in [3.05, 3.63) is 48.3 Å². The first-order valence-corrected chi connectivity index (χ1v) is 7.80. The minimum absolute atomic E-state index is 0. The van der Waals surface area contributed by atoms with Gasteiger partial charge in [0.1, 0.15) is 0 Å². The van der Waals surface area contributed by atoms with E-state index in [1.54, 1.807) is 22.8 Å². The molecular formula is C17H23ClN4O3. The summed E-state index contributed by atoms with van der Waals surface area (Å²) in [4.78, 5) is 24.0. The van der Waals surface area contributed by atoms with Crippen molar-refractivity contribution < 1.29 is 14.7 Å². The largest absolute Gasteiger partial charge is 0.481 e. The quantitative estimate of drug-likeness (QED) is 0.699. The molecule has 0 fully saturated rings. The highest BCUT2D eigenvalue weighted by atomic mass is 35.5. The van der Waals surface area contributed by atoms with E-state index in [0.717, 1.165) is 11.3 Å². The fraction of sp³-hybridized carbons (Fsp3) is 0.353. The van der Waals surface area contributed by atoms with E-state index in [0.29, 0.717) is 19.5 Å². The molecule has 0 aliphatic rings. The van der Waals surface area contributed by atoms with Crippen LogP contribution in [-0.4, -0.2) is 58.3 Å². The lowest BCUT2D eigenvalue weighted by Gasteiger charge is -2.14. The summed E-state index contributed by atoms with van der Waals surface area (Å²) in [5.41, 5.74) is 2.03. The Morgan fingerprint density at radius 2 is 2.00 bits per heavy atom. The molecule has 0 saturated heterocycles. The molecule has 2 aromatic rings. The Morgan fingerprint density at radius 1 is 1.28 bits per heavy atom. The van der Waals surface area contributed by atoms with E-state index in [4.69, 9.17) is 5.11 Å². The predicted octanol–water partition coefficient (Wildman–Crippen LogP) is 1.36. The van der Waals surface area contributed by atoms with Crippen molar-refractivity contribution in [1.29, 1.82) is 0 Å². The first-order valence-electron chi connectivity index (χ1n) is 7.80. The van der Waals surface area contributed by atoms with E-state index in [1.807, 2.05) is 36.5 Å². The molecule has 2 N–H and O–H groups in total. The Hall–Kier alpha value is -2.38. The second kappa shape index (κ2) is 10.5. The van der Waals surface area contributed by atoms with Crippen LogP contribution in [0, 0.1) is 0 Å². The van der Waals surface area contributed by atoms with Crippen LogP contribution in [0.15, 0.2) is 42.7 Å². The topological polar surface area (TPSA) is 87.5 Å². The molecule has 0 radical (unpaired) electrons. The smallest absolute Gasteiger partial charge is 0.304 e. The molecule has 136 valence electrons. The molecule has 1 heterocycles. The fourth-order valence-corrected chi connectivity index (χ4v) is 2.22. The van der Waals surface area contributed by atoms with Gasteiger partial charge in [-0.25, -0.2) is 4.68 Å². The van der Waals surface area contributed by atoms with Crippen molar-refractivity contribution in [2.75, 3.05) is 26.7 Å². The summed E-state index contributed by atoms with van der Waals surface area (Å²) < 4.78 is 1.80. The van der Waals surface area contributed by atoms with Crippen LogP contribution in [0.25, 0.3) is 5.69 Å². The van der Waals surface area contributed by atoms with E-state index in [-0.39, 0.29) is 31.3 Å².